The van der Waals surface area contributed by atoms with E-state index in [0.29, 0.717) is 11.6 Å². The molecule has 1 aromatic rings. The van der Waals surface area contributed by atoms with Crippen molar-refractivity contribution in [1.29, 1.82) is 0 Å². The van der Waals surface area contributed by atoms with Crippen LogP contribution < -0.4 is 4.74 Å². The van der Waals surface area contributed by atoms with Gasteiger partial charge in [0.1, 0.15) is 5.75 Å². The monoisotopic (exact) mass is 285 g/mol. The summed E-state index contributed by atoms with van der Waals surface area (Å²) in [5, 5.41) is 8.54. The van der Waals surface area contributed by atoms with E-state index in [1.54, 1.807) is 19.2 Å². The minimum Gasteiger partial charge on any atom is -0.483 e. The van der Waals surface area contributed by atoms with Crippen molar-refractivity contribution in [2.75, 3.05) is 20.2 Å². The number of hydrogen-bond donors (Lipinski definition) is 1. The topological polar surface area (TPSA) is 66.8 Å². The molecule has 0 aliphatic rings. The lowest BCUT2D eigenvalue weighted by molar-refractivity contribution is -0.138. The van der Waals surface area contributed by atoms with E-state index in [9.17, 15) is 9.59 Å². The maximum absolute atomic E-state index is 11.7. The summed E-state index contributed by atoms with van der Waals surface area (Å²) in [6, 6.07) is 7.19. The Kier molecular flexibility index (Phi) is 6.15. The summed E-state index contributed by atoms with van der Waals surface area (Å²) in [5.41, 5.74) is 0.810. The number of carbonyl (C=O) groups is 2. The van der Waals surface area contributed by atoms with Gasteiger partial charge in [0.15, 0.2) is 6.61 Å². The smallest absolute Gasteiger partial charge is 0.305 e. The minimum absolute atomic E-state index is 0.0828. The van der Waals surface area contributed by atoms with Gasteiger partial charge in [-0.05, 0) is 6.07 Å². The molecule has 5 nitrogen and oxygen atoms in total. The summed E-state index contributed by atoms with van der Waals surface area (Å²) in [6.07, 6.45) is -0.0828. The van der Waals surface area contributed by atoms with Crippen LogP contribution in [0, 0.1) is 0 Å². The van der Waals surface area contributed by atoms with E-state index in [1.807, 2.05) is 12.1 Å². The zero-order valence-electron chi connectivity index (χ0n) is 10.6. The fourth-order valence-corrected chi connectivity index (χ4v) is 1.61. The molecular weight excluding hydrogens is 270 g/mol. The first-order valence-electron chi connectivity index (χ1n) is 5.77. The maximum Gasteiger partial charge on any atom is 0.305 e. The van der Waals surface area contributed by atoms with Crippen molar-refractivity contribution in [3.8, 4) is 5.75 Å². The van der Waals surface area contributed by atoms with Crippen LogP contribution >= 0.6 is 11.6 Å². The van der Waals surface area contributed by atoms with Crippen LogP contribution in [-0.2, 0) is 15.5 Å². The molecule has 0 bridgehead atoms. The molecular formula is C13H16ClNO4. The number of rotatable bonds is 7. The van der Waals surface area contributed by atoms with Crippen molar-refractivity contribution >= 4 is 23.5 Å². The molecule has 0 aliphatic heterocycles. The standard InChI is InChI=1S/C13H16ClNO4/c1-15(7-6-13(17)18)12(16)9-19-11-5-3-2-4-10(11)8-14/h2-5H,6-9H2,1H3,(H,17,18). The van der Waals surface area contributed by atoms with Crippen LogP contribution in [0.5, 0.6) is 5.75 Å². The van der Waals surface area contributed by atoms with Gasteiger partial charge in [0.05, 0.1) is 12.3 Å². The zero-order valence-corrected chi connectivity index (χ0v) is 11.4. The van der Waals surface area contributed by atoms with Crippen LogP contribution in [0.3, 0.4) is 0 Å². The first-order chi connectivity index (χ1) is 9.04. The number of nitrogens with zero attached hydrogens (tertiary/aromatic N) is 1. The Balaban J connectivity index is 2.47. The Labute approximate surface area is 116 Å². The number of carboxylic acids is 1. The molecule has 104 valence electrons. The number of carboxylic acid groups (broad SMARTS) is 1. The van der Waals surface area contributed by atoms with Gasteiger partial charge >= 0.3 is 5.97 Å². The molecule has 0 radical (unpaired) electrons. The average Bonchev–Trinajstić information content (AvgIpc) is 2.42. The average molecular weight is 286 g/mol. The minimum atomic E-state index is -0.937. The fourth-order valence-electron chi connectivity index (χ4n) is 1.39. The van der Waals surface area contributed by atoms with Gasteiger partial charge in [0.25, 0.3) is 5.91 Å². The van der Waals surface area contributed by atoms with Crippen molar-refractivity contribution in [1.82, 2.24) is 4.90 Å². The van der Waals surface area contributed by atoms with Gasteiger partial charge in [-0.15, -0.1) is 11.6 Å². The van der Waals surface area contributed by atoms with Gasteiger partial charge in [-0.3, -0.25) is 9.59 Å². The third-order valence-electron chi connectivity index (χ3n) is 2.55. The Morgan fingerprint density at radius 1 is 1.37 bits per heavy atom. The van der Waals surface area contributed by atoms with E-state index >= 15 is 0 Å². The molecule has 0 atom stereocenters. The number of hydrogen-bond acceptors (Lipinski definition) is 3. The van der Waals surface area contributed by atoms with Gasteiger partial charge in [-0.1, -0.05) is 18.2 Å². The number of likely N-dealkylation sites (N-methyl/N-ethyl adjacent to an activating group) is 1. The van der Waals surface area contributed by atoms with E-state index in [2.05, 4.69) is 0 Å². The van der Waals surface area contributed by atoms with E-state index < -0.39 is 5.97 Å². The Bertz CT molecular complexity index is 450. The molecule has 0 heterocycles. The van der Waals surface area contributed by atoms with E-state index in [-0.39, 0.29) is 25.5 Å². The van der Waals surface area contributed by atoms with Gasteiger partial charge in [0, 0.05) is 19.2 Å². The highest BCUT2D eigenvalue weighted by atomic mass is 35.5. The molecule has 0 saturated carbocycles. The number of halogens is 1. The van der Waals surface area contributed by atoms with Crippen molar-refractivity contribution in [2.45, 2.75) is 12.3 Å². The van der Waals surface area contributed by atoms with Crippen LogP contribution in [0.1, 0.15) is 12.0 Å². The number of benzene rings is 1. The fraction of sp³-hybridized carbons (Fsp3) is 0.385. The van der Waals surface area contributed by atoms with Crippen molar-refractivity contribution in [3.05, 3.63) is 29.8 Å². The highest BCUT2D eigenvalue weighted by molar-refractivity contribution is 6.17. The normalized spacial score (nSPS) is 10.0. The highest BCUT2D eigenvalue weighted by Crippen LogP contribution is 2.19. The third kappa shape index (κ3) is 5.18. The summed E-state index contributed by atoms with van der Waals surface area (Å²) in [6.45, 7) is 0.0265. The molecule has 1 aromatic carbocycles. The lowest BCUT2D eigenvalue weighted by Crippen LogP contribution is -2.33. The molecule has 0 unspecified atom stereocenters. The van der Waals surface area contributed by atoms with Gasteiger partial charge in [-0.25, -0.2) is 0 Å². The Morgan fingerprint density at radius 2 is 2.05 bits per heavy atom. The van der Waals surface area contributed by atoms with Crippen molar-refractivity contribution in [2.24, 2.45) is 0 Å². The predicted octanol–water partition coefficient (Wildman–Crippen LogP) is 1.74. The van der Waals surface area contributed by atoms with Crippen LogP contribution in [0.15, 0.2) is 24.3 Å². The van der Waals surface area contributed by atoms with E-state index in [1.165, 1.54) is 4.90 Å². The van der Waals surface area contributed by atoms with Crippen molar-refractivity contribution in [3.63, 3.8) is 0 Å². The largest absolute Gasteiger partial charge is 0.483 e. The van der Waals surface area contributed by atoms with Crippen LogP contribution in [-0.4, -0.2) is 42.1 Å². The predicted molar refractivity (Wildman–Crippen MR) is 71.4 cm³/mol. The molecule has 0 fully saturated rings. The first kappa shape index (κ1) is 15.3. The second-order valence-electron chi connectivity index (χ2n) is 3.99. The quantitative estimate of drug-likeness (QED) is 0.775. The molecule has 0 saturated heterocycles. The number of amides is 1. The highest BCUT2D eigenvalue weighted by Gasteiger charge is 2.12. The molecule has 6 heteroatoms. The Morgan fingerprint density at radius 3 is 2.68 bits per heavy atom. The number of alkyl halides is 1. The van der Waals surface area contributed by atoms with Crippen LogP contribution in [0.2, 0.25) is 0 Å². The Hall–Kier alpha value is -1.75. The summed E-state index contributed by atoms with van der Waals surface area (Å²) < 4.78 is 5.39. The van der Waals surface area contributed by atoms with E-state index in [0.717, 1.165) is 5.56 Å². The summed E-state index contributed by atoms with van der Waals surface area (Å²) in [5.74, 6) is -0.338. The van der Waals surface area contributed by atoms with Gasteiger partial charge in [0.2, 0.25) is 0 Å². The number of aliphatic carboxylic acids is 1. The third-order valence-corrected chi connectivity index (χ3v) is 2.84. The number of ether oxygens (including phenoxy) is 1. The lowest BCUT2D eigenvalue weighted by Gasteiger charge is -2.17. The van der Waals surface area contributed by atoms with Crippen LogP contribution in [0.25, 0.3) is 0 Å². The van der Waals surface area contributed by atoms with Gasteiger partial charge < -0.3 is 14.7 Å². The molecule has 1 rings (SSSR count). The SMILES string of the molecule is CN(CCC(=O)O)C(=O)COc1ccccc1CCl. The number of carbonyl (C=O) groups excluding carboxylic acids is 1. The molecule has 0 aromatic heterocycles. The molecule has 19 heavy (non-hydrogen) atoms. The van der Waals surface area contributed by atoms with Crippen molar-refractivity contribution < 1.29 is 19.4 Å². The number of para-hydroxylation sites is 1. The first-order valence-corrected chi connectivity index (χ1v) is 6.30. The van der Waals surface area contributed by atoms with Gasteiger partial charge in [-0.2, -0.15) is 0 Å². The molecule has 1 N–H and O–H groups in total. The zero-order chi connectivity index (χ0) is 14.3. The second-order valence-corrected chi connectivity index (χ2v) is 4.26. The summed E-state index contributed by atoms with van der Waals surface area (Å²) >= 11 is 5.75. The lowest BCUT2D eigenvalue weighted by atomic mass is 10.2. The molecule has 1 amide bonds. The maximum atomic E-state index is 11.7. The summed E-state index contributed by atoms with van der Waals surface area (Å²) in [7, 11) is 1.54. The molecule has 0 spiro atoms. The summed E-state index contributed by atoms with van der Waals surface area (Å²) in [4.78, 5) is 23.4. The van der Waals surface area contributed by atoms with E-state index in [4.69, 9.17) is 21.4 Å². The second kappa shape index (κ2) is 7.63. The van der Waals surface area contributed by atoms with Crippen LogP contribution in [0.4, 0.5) is 0 Å². The molecule has 0 aliphatic carbocycles.